The van der Waals surface area contributed by atoms with Gasteiger partial charge in [-0.2, -0.15) is 0 Å². The Labute approximate surface area is 235 Å². The molecule has 2 heterocycles. The van der Waals surface area contributed by atoms with Crippen molar-refractivity contribution in [2.24, 2.45) is 0 Å². The number of aromatic amines is 1. The van der Waals surface area contributed by atoms with Gasteiger partial charge in [-0.1, -0.05) is 0 Å². The number of benzene rings is 2. The van der Waals surface area contributed by atoms with Crippen LogP contribution in [-0.2, 0) is 4.43 Å². The molecule has 1 aliphatic heterocycles. The number of nitrogens with zero attached hydrogens (tertiary/aromatic N) is 2. The van der Waals surface area contributed by atoms with E-state index in [1.165, 1.54) is 36.1 Å². The molecule has 5 rings (SSSR count). The van der Waals surface area contributed by atoms with E-state index in [0.29, 0.717) is 21.2 Å². The van der Waals surface area contributed by atoms with Crippen molar-refractivity contribution in [3.05, 3.63) is 76.1 Å². The molecule has 0 radical (unpaired) electrons. The standard InChI is InChI=1S/C31H37I2N3O/c1-4-33(14-12-24(13-15-33)23-10-8-22(19-34)9-11-23)30(37)27-17-29(31-35-20-26(36-31)18-32-3)28(16-21(27)2)25-6-5-7-25/h8-11,16-17,20,24-25H,4-7,12-15,18H2,1-3H3,(H,35,36). The maximum absolute atomic E-state index is 14.4. The first-order valence-electron chi connectivity index (χ1n) is 13.3. The Balaban J connectivity index is 1.44. The Morgan fingerprint density at radius 3 is 2.46 bits per heavy atom. The van der Waals surface area contributed by atoms with Crippen molar-refractivity contribution >= 4 is 3.79 Å². The van der Waals surface area contributed by atoms with Crippen LogP contribution in [0.2, 0.25) is 0 Å². The second-order valence-electron chi connectivity index (χ2n) is 10.4. The van der Waals surface area contributed by atoms with Gasteiger partial charge in [0.2, 0.25) is 0 Å². The number of aromatic nitrogens is 2. The zero-order chi connectivity index (χ0) is 26.0. The number of aryl methyl sites for hydroxylation is 1. The Morgan fingerprint density at radius 1 is 1.14 bits per heavy atom. The number of nitrogens with one attached hydrogen (secondary N) is 1. The van der Waals surface area contributed by atoms with E-state index in [-0.39, 0.29) is 21.2 Å². The Morgan fingerprint density at radius 2 is 1.86 bits per heavy atom. The van der Waals surface area contributed by atoms with Crippen molar-refractivity contribution in [3.63, 3.8) is 0 Å². The van der Waals surface area contributed by atoms with Gasteiger partial charge in [-0.05, 0) is 0 Å². The number of carbonyl (C=O) groups excluding carboxylic acids is 1. The van der Waals surface area contributed by atoms with Crippen LogP contribution in [0.3, 0.4) is 0 Å². The molecule has 2 fully saturated rings. The molecule has 6 heteroatoms. The molecule has 2 aliphatic rings. The van der Waals surface area contributed by atoms with Crippen LogP contribution in [0.1, 0.15) is 89.2 Å². The molecule has 0 unspecified atom stereocenters. The molecular weight excluding hydrogens is 684 g/mol. The monoisotopic (exact) mass is 721 g/mol. The summed E-state index contributed by atoms with van der Waals surface area (Å²) in [4.78, 5) is 25.1. The minimum atomic E-state index is -2.65. The van der Waals surface area contributed by atoms with Gasteiger partial charge >= 0.3 is 237 Å². The summed E-state index contributed by atoms with van der Waals surface area (Å²) in [6.45, 7) is 4.42. The fraction of sp³-hybridized carbons (Fsp3) is 0.452. The first kappa shape index (κ1) is 26.9. The minimum absolute atomic E-state index is 0.162. The first-order chi connectivity index (χ1) is 18.0. The molecule has 0 atom stereocenters. The molecular formula is C31H37I2N3O. The van der Waals surface area contributed by atoms with Crippen molar-refractivity contribution in [2.45, 2.75) is 62.2 Å². The molecule has 0 amide bonds. The summed E-state index contributed by atoms with van der Waals surface area (Å²) in [5, 5.41) is 9.13. The number of imidazole rings is 1. The van der Waals surface area contributed by atoms with Gasteiger partial charge in [0.25, 0.3) is 0 Å². The number of H-pyrrole nitrogens is 1. The molecule has 196 valence electrons. The number of hydrogen-bond acceptors (Lipinski definition) is 3. The molecule has 0 bridgehead atoms. The average Bonchev–Trinajstić information content (AvgIpc) is 3.36. The van der Waals surface area contributed by atoms with E-state index in [4.69, 9.17) is 10.2 Å². The normalized spacial score (nSPS) is 23.6. The van der Waals surface area contributed by atoms with Crippen LogP contribution in [0.4, 0.5) is 0 Å². The molecule has 0 spiro atoms. The van der Waals surface area contributed by atoms with Crippen molar-refractivity contribution in [1.29, 1.82) is 5.26 Å². The fourth-order valence-corrected chi connectivity index (χ4v) is 16.4. The quantitative estimate of drug-likeness (QED) is 0.211. The fourth-order valence-electron chi connectivity index (χ4n) is 5.77. The Kier molecular flexibility index (Phi) is 8.40. The summed E-state index contributed by atoms with van der Waals surface area (Å²) < 4.78 is 4.84. The third-order valence-corrected chi connectivity index (χ3v) is 20.9. The third-order valence-electron chi connectivity index (χ3n) is 8.34. The number of halogens is 2. The van der Waals surface area contributed by atoms with Crippen molar-refractivity contribution < 1.29 is 44.4 Å². The molecule has 1 saturated heterocycles. The second-order valence-corrected chi connectivity index (χ2v) is 22.9. The van der Waals surface area contributed by atoms with Crippen LogP contribution in [-0.4, -0.2) is 32.0 Å². The summed E-state index contributed by atoms with van der Waals surface area (Å²) in [6, 6.07) is 14.9. The third kappa shape index (κ3) is 5.40. The summed E-state index contributed by atoms with van der Waals surface area (Å²) >= 11 is -2.49. The van der Waals surface area contributed by atoms with Gasteiger partial charge in [-0.3, -0.25) is 0 Å². The maximum atomic E-state index is 14.4. The zero-order valence-corrected chi connectivity index (χ0v) is 26.4. The average molecular weight is 721 g/mol. The van der Waals surface area contributed by atoms with Crippen molar-refractivity contribution in [3.8, 4) is 17.5 Å². The molecule has 2 aromatic carbocycles. The molecule has 1 N–H and O–H groups in total. The van der Waals surface area contributed by atoms with Crippen LogP contribution in [0, 0.1) is 18.3 Å². The van der Waals surface area contributed by atoms with Gasteiger partial charge in [-0.15, -0.1) is 0 Å². The van der Waals surface area contributed by atoms with Crippen LogP contribution >= 0.6 is 0 Å². The number of nitriles is 1. The van der Waals surface area contributed by atoms with Gasteiger partial charge in [0.05, 0.1) is 0 Å². The van der Waals surface area contributed by atoms with Gasteiger partial charge in [0, 0.05) is 0 Å². The summed E-state index contributed by atoms with van der Waals surface area (Å²) in [5.74, 6) is 2.04. The van der Waals surface area contributed by atoms with Crippen LogP contribution in [0.5, 0.6) is 0 Å². The van der Waals surface area contributed by atoms with E-state index in [0.717, 1.165) is 53.1 Å². The number of alkyl halides is 5. The summed E-state index contributed by atoms with van der Waals surface area (Å²) in [6.07, 6.45) is 7.95. The van der Waals surface area contributed by atoms with Gasteiger partial charge in [0.1, 0.15) is 0 Å². The summed E-state index contributed by atoms with van der Waals surface area (Å²) in [7, 11) is 0. The van der Waals surface area contributed by atoms with E-state index < -0.39 is 18.4 Å². The molecule has 4 nitrogen and oxygen atoms in total. The molecule has 3 aromatic rings. The predicted octanol–water partition coefficient (Wildman–Crippen LogP) is 0.641. The van der Waals surface area contributed by atoms with Crippen molar-refractivity contribution in [1.82, 2.24) is 9.97 Å². The van der Waals surface area contributed by atoms with E-state index in [1.54, 1.807) is 0 Å². The Hall–Kier alpha value is -1.73. The summed E-state index contributed by atoms with van der Waals surface area (Å²) in [5.41, 5.74) is 7.94. The SMILES string of the molecule is CC[I-]1(C(=O)c2cc(-c3ncc(C[I+]C)[nH]3)c(C3CCC3)cc2C)CCC(c2ccc(C#N)cc2)CC1. The van der Waals surface area contributed by atoms with Crippen molar-refractivity contribution in [2.75, 3.05) is 18.2 Å². The van der Waals surface area contributed by atoms with Crippen LogP contribution < -0.4 is 39.6 Å². The molecule has 1 aliphatic carbocycles. The second kappa shape index (κ2) is 11.6. The Bertz CT molecular complexity index is 1310. The van der Waals surface area contributed by atoms with E-state index in [1.807, 2.05) is 18.3 Å². The topological polar surface area (TPSA) is 69.5 Å². The first-order valence-corrected chi connectivity index (χ1v) is 22.7. The molecule has 1 aromatic heterocycles. The van der Waals surface area contributed by atoms with Crippen LogP contribution in [0.15, 0.2) is 42.6 Å². The zero-order valence-electron chi connectivity index (χ0n) is 22.1. The van der Waals surface area contributed by atoms with Gasteiger partial charge < -0.3 is 0 Å². The number of carbonyl (C=O) groups is 1. The van der Waals surface area contributed by atoms with E-state index in [2.05, 4.69) is 54.1 Å². The van der Waals surface area contributed by atoms with Gasteiger partial charge in [0.15, 0.2) is 0 Å². The van der Waals surface area contributed by atoms with Crippen LogP contribution in [0.25, 0.3) is 11.4 Å². The number of hydrogen-bond donors (Lipinski definition) is 1. The predicted molar refractivity (Wildman–Crippen MR) is 143 cm³/mol. The van der Waals surface area contributed by atoms with E-state index >= 15 is 0 Å². The van der Waals surface area contributed by atoms with E-state index in [9.17, 15) is 4.79 Å². The molecule has 1 saturated carbocycles. The molecule has 37 heavy (non-hydrogen) atoms. The number of rotatable bonds is 8. The van der Waals surface area contributed by atoms with Gasteiger partial charge in [-0.25, -0.2) is 0 Å².